The zero-order valence-electron chi connectivity index (χ0n) is 11.1. The highest BCUT2D eigenvalue weighted by atomic mass is 16.5. The van der Waals surface area contributed by atoms with Gasteiger partial charge in [-0.15, -0.1) is 0 Å². The number of hydrogen-bond acceptors (Lipinski definition) is 3. The second-order valence-corrected chi connectivity index (χ2v) is 4.54. The maximum absolute atomic E-state index is 11.9. The molecule has 0 amide bonds. The number of carbonyl (C=O) groups is 1. The molecule has 0 aromatic heterocycles. The summed E-state index contributed by atoms with van der Waals surface area (Å²) in [6.45, 7) is 7.79. The van der Waals surface area contributed by atoms with Gasteiger partial charge in [0.15, 0.2) is 0 Å². The molecule has 94 valence electrons. The lowest BCUT2D eigenvalue weighted by Crippen LogP contribution is -2.13. The Morgan fingerprint density at radius 2 is 1.82 bits per heavy atom. The van der Waals surface area contributed by atoms with Crippen LogP contribution in [-0.2, 0) is 4.74 Å². The largest absolute Gasteiger partial charge is 0.496 e. The van der Waals surface area contributed by atoms with Crippen LogP contribution in [0.2, 0.25) is 0 Å². The number of benzene rings is 1. The van der Waals surface area contributed by atoms with Crippen LogP contribution >= 0.6 is 0 Å². The molecule has 3 heteroatoms. The van der Waals surface area contributed by atoms with E-state index >= 15 is 0 Å². The number of methoxy groups -OCH3 is 1. The number of esters is 1. The molecule has 0 heterocycles. The molecule has 0 aliphatic heterocycles. The summed E-state index contributed by atoms with van der Waals surface area (Å²) >= 11 is 0. The van der Waals surface area contributed by atoms with Crippen LogP contribution in [-0.4, -0.2) is 19.2 Å². The Hall–Kier alpha value is -1.51. The normalized spacial score (nSPS) is 10.8. The average molecular weight is 236 g/mol. The molecule has 0 fully saturated rings. The molecule has 1 rings (SSSR count). The molecule has 0 saturated heterocycles. The molecule has 0 aliphatic carbocycles. The summed E-state index contributed by atoms with van der Waals surface area (Å²) in [6.07, 6.45) is -0.130. The lowest BCUT2D eigenvalue weighted by Gasteiger charge is -2.16. The minimum atomic E-state index is -0.334. The van der Waals surface area contributed by atoms with Crippen molar-refractivity contribution in [3.8, 4) is 5.75 Å². The lowest BCUT2D eigenvalue weighted by molar-refractivity contribution is 0.0374. The molecule has 0 radical (unpaired) electrons. The Morgan fingerprint density at radius 1 is 1.18 bits per heavy atom. The number of ether oxygens (including phenoxy) is 2. The fourth-order valence-electron chi connectivity index (χ4n) is 1.68. The van der Waals surface area contributed by atoms with Gasteiger partial charge in [-0.3, -0.25) is 0 Å². The summed E-state index contributed by atoms with van der Waals surface area (Å²) in [6, 6.07) is 5.56. The molecule has 17 heavy (non-hydrogen) atoms. The third-order valence-electron chi connectivity index (χ3n) is 2.43. The Kier molecular flexibility index (Phi) is 4.55. The second-order valence-electron chi connectivity index (χ2n) is 4.54. The van der Waals surface area contributed by atoms with E-state index in [2.05, 4.69) is 13.8 Å². The van der Waals surface area contributed by atoms with Crippen molar-refractivity contribution >= 4 is 5.97 Å². The monoisotopic (exact) mass is 236 g/mol. The minimum absolute atomic E-state index is 0.130. The van der Waals surface area contributed by atoms with Crippen LogP contribution in [0.4, 0.5) is 0 Å². The zero-order chi connectivity index (χ0) is 13.0. The molecule has 0 atom stereocenters. The first-order chi connectivity index (χ1) is 7.97. The van der Waals surface area contributed by atoms with Crippen molar-refractivity contribution in [3.05, 3.63) is 29.3 Å². The molecular weight excluding hydrogens is 216 g/mol. The Morgan fingerprint density at radius 3 is 2.29 bits per heavy atom. The van der Waals surface area contributed by atoms with Crippen LogP contribution < -0.4 is 4.74 Å². The molecule has 1 aromatic rings. The van der Waals surface area contributed by atoms with Crippen LogP contribution in [0.15, 0.2) is 18.2 Å². The van der Waals surface area contributed by atoms with E-state index in [1.807, 2.05) is 26.0 Å². The fourth-order valence-corrected chi connectivity index (χ4v) is 1.68. The van der Waals surface area contributed by atoms with E-state index in [1.165, 1.54) is 0 Å². The van der Waals surface area contributed by atoms with Gasteiger partial charge in [0.25, 0.3) is 0 Å². The Bertz CT molecular complexity index is 394. The van der Waals surface area contributed by atoms with Gasteiger partial charge in [-0.05, 0) is 31.4 Å². The third-order valence-corrected chi connectivity index (χ3v) is 2.43. The van der Waals surface area contributed by atoms with Gasteiger partial charge < -0.3 is 9.47 Å². The molecule has 0 saturated carbocycles. The average Bonchev–Trinajstić information content (AvgIpc) is 2.26. The molecule has 0 N–H and O–H groups in total. The van der Waals surface area contributed by atoms with Crippen molar-refractivity contribution in [2.24, 2.45) is 0 Å². The van der Waals surface area contributed by atoms with E-state index in [9.17, 15) is 4.79 Å². The summed E-state index contributed by atoms with van der Waals surface area (Å²) in [4.78, 5) is 11.9. The molecule has 0 aliphatic rings. The lowest BCUT2D eigenvalue weighted by atomic mass is 9.99. The standard InChI is InChI=1S/C14H20O3/c1-9(2)11-7-6-8-12(13(11)16-5)14(15)17-10(3)4/h6-10H,1-5H3. The highest BCUT2D eigenvalue weighted by molar-refractivity contribution is 5.93. The van der Waals surface area contributed by atoms with Gasteiger partial charge in [0.05, 0.1) is 13.2 Å². The number of para-hydroxylation sites is 1. The predicted molar refractivity (Wildman–Crippen MR) is 67.6 cm³/mol. The van der Waals surface area contributed by atoms with Crippen molar-refractivity contribution in [1.82, 2.24) is 0 Å². The Labute approximate surface area is 103 Å². The molecule has 0 unspecified atom stereocenters. The van der Waals surface area contributed by atoms with Crippen molar-refractivity contribution in [3.63, 3.8) is 0 Å². The van der Waals surface area contributed by atoms with Gasteiger partial charge in [0.1, 0.15) is 11.3 Å². The van der Waals surface area contributed by atoms with E-state index < -0.39 is 0 Å². The summed E-state index contributed by atoms with van der Waals surface area (Å²) in [7, 11) is 1.58. The summed E-state index contributed by atoms with van der Waals surface area (Å²) in [5, 5.41) is 0. The fraction of sp³-hybridized carbons (Fsp3) is 0.500. The minimum Gasteiger partial charge on any atom is -0.496 e. The molecule has 0 spiro atoms. The van der Waals surface area contributed by atoms with E-state index in [-0.39, 0.29) is 12.1 Å². The maximum Gasteiger partial charge on any atom is 0.342 e. The number of hydrogen-bond donors (Lipinski definition) is 0. The summed E-state index contributed by atoms with van der Waals surface area (Å²) < 4.78 is 10.5. The molecule has 0 bridgehead atoms. The summed E-state index contributed by atoms with van der Waals surface area (Å²) in [5.74, 6) is 0.587. The van der Waals surface area contributed by atoms with Gasteiger partial charge in [-0.1, -0.05) is 26.0 Å². The predicted octanol–water partition coefficient (Wildman–Crippen LogP) is 3.38. The van der Waals surface area contributed by atoms with E-state index in [1.54, 1.807) is 13.2 Å². The maximum atomic E-state index is 11.9. The highest BCUT2D eigenvalue weighted by Gasteiger charge is 2.19. The first kappa shape index (κ1) is 13.6. The third kappa shape index (κ3) is 3.22. The van der Waals surface area contributed by atoms with Crippen molar-refractivity contribution in [2.75, 3.05) is 7.11 Å². The van der Waals surface area contributed by atoms with Crippen molar-refractivity contribution in [2.45, 2.75) is 39.7 Å². The van der Waals surface area contributed by atoms with Gasteiger partial charge in [0.2, 0.25) is 0 Å². The van der Waals surface area contributed by atoms with Crippen LogP contribution in [0.3, 0.4) is 0 Å². The van der Waals surface area contributed by atoms with E-state index in [0.717, 1.165) is 5.56 Å². The number of rotatable bonds is 4. The van der Waals surface area contributed by atoms with Crippen molar-refractivity contribution < 1.29 is 14.3 Å². The van der Waals surface area contributed by atoms with Gasteiger partial charge in [-0.25, -0.2) is 4.79 Å². The Balaban J connectivity index is 3.15. The first-order valence-corrected chi connectivity index (χ1v) is 5.85. The van der Waals surface area contributed by atoms with E-state index in [4.69, 9.17) is 9.47 Å². The molecule has 3 nitrogen and oxygen atoms in total. The quantitative estimate of drug-likeness (QED) is 0.752. The second kappa shape index (κ2) is 5.71. The SMILES string of the molecule is COc1c(C(=O)OC(C)C)cccc1C(C)C. The molecular formula is C14H20O3. The first-order valence-electron chi connectivity index (χ1n) is 5.85. The summed E-state index contributed by atoms with van der Waals surface area (Å²) in [5.41, 5.74) is 1.51. The zero-order valence-corrected chi connectivity index (χ0v) is 11.1. The van der Waals surface area contributed by atoms with Crippen LogP contribution in [0.5, 0.6) is 5.75 Å². The van der Waals surface area contributed by atoms with E-state index in [0.29, 0.717) is 17.2 Å². The van der Waals surface area contributed by atoms with Gasteiger partial charge in [0, 0.05) is 0 Å². The highest BCUT2D eigenvalue weighted by Crippen LogP contribution is 2.30. The van der Waals surface area contributed by atoms with Crippen LogP contribution in [0, 0.1) is 0 Å². The van der Waals surface area contributed by atoms with Gasteiger partial charge in [-0.2, -0.15) is 0 Å². The number of carbonyl (C=O) groups excluding carboxylic acids is 1. The topological polar surface area (TPSA) is 35.5 Å². The van der Waals surface area contributed by atoms with Crippen LogP contribution in [0.1, 0.15) is 49.5 Å². The van der Waals surface area contributed by atoms with Crippen LogP contribution in [0.25, 0.3) is 0 Å². The van der Waals surface area contributed by atoms with Crippen molar-refractivity contribution in [1.29, 1.82) is 0 Å². The smallest absolute Gasteiger partial charge is 0.342 e. The molecule has 1 aromatic carbocycles. The van der Waals surface area contributed by atoms with Gasteiger partial charge >= 0.3 is 5.97 Å².